The number of amides is 1. The lowest BCUT2D eigenvalue weighted by atomic mass is 10.1. The number of benzene rings is 2. The third-order valence-corrected chi connectivity index (χ3v) is 4.59. The van der Waals surface area contributed by atoms with E-state index in [1.807, 2.05) is 24.5 Å². The Kier molecular flexibility index (Phi) is 4.48. The van der Waals surface area contributed by atoms with Gasteiger partial charge in [-0.05, 0) is 36.1 Å². The highest BCUT2D eigenvalue weighted by Gasteiger charge is 2.22. The second kappa shape index (κ2) is 7.07. The molecule has 1 atom stereocenters. The minimum Gasteiger partial charge on any atom is -0.368 e. The topological polar surface area (TPSA) is 56.2 Å². The summed E-state index contributed by atoms with van der Waals surface area (Å²) in [5, 5.41) is 2.95. The summed E-state index contributed by atoms with van der Waals surface area (Å²) >= 11 is 0. The number of hydrogen-bond acceptors (Lipinski definition) is 3. The van der Waals surface area contributed by atoms with Gasteiger partial charge in [0.25, 0.3) is 0 Å². The summed E-state index contributed by atoms with van der Waals surface area (Å²) in [7, 11) is 0. The SMILES string of the molecule is O=C(NCc1ccc(Cn2cnc3ccccc32)cc1)[C@H]1CCCO1. The van der Waals surface area contributed by atoms with Crippen LogP contribution in [0.25, 0.3) is 11.0 Å². The van der Waals surface area contributed by atoms with Crippen LogP contribution in [0.3, 0.4) is 0 Å². The highest BCUT2D eigenvalue weighted by molar-refractivity contribution is 5.80. The van der Waals surface area contributed by atoms with Crippen LogP contribution in [0.15, 0.2) is 54.9 Å². The van der Waals surface area contributed by atoms with Crippen molar-refractivity contribution in [3.63, 3.8) is 0 Å². The third kappa shape index (κ3) is 3.56. The molecule has 1 aromatic heterocycles. The summed E-state index contributed by atoms with van der Waals surface area (Å²) in [5.41, 5.74) is 4.44. The molecule has 0 aliphatic carbocycles. The zero-order chi connectivity index (χ0) is 17.1. The van der Waals surface area contributed by atoms with Crippen LogP contribution < -0.4 is 5.32 Å². The molecule has 2 aromatic carbocycles. The summed E-state index contributed by atoms with van der Waals surface area (Å²) in [5.74, 6) is -0.00791. The molecule has 128 valence electrons. The molecule has 0 bridgehead atoms. The van der Waals surface area contributed by atoms with Gasteiger partial charge in [-0.25, -0.2) is 4.98 Å². The summed E-state index contributed by atoms with van der Waals surface area (Å²) in [4.78, 5) is 16.4. The molecule has 2 heterocycles. The van der Waals surface area contributed by atoms with Crippen molar-refractivity contribution in [2.24, 2.45) is 0 Å². The number of aromatic nitrogens is 2. The number of para-hydroxylation sites is 2. The smallest absolute Gasteiger partial charge is 0.249 e. The van der Waals surface area contributed by atoms with E-state index in [0.29, 0.717) is 13.2 Å². The number of nitrogens with one attached hydrogen (secondary N) is 1. The van der Waals surface area contributed by atoms with Crippen LogP contribution in [0.1, 0.15) is 24.0 Å². The number of nitrogens with zero attached hydrogens (tertiary/aromatic N) is 2. The number of imidazole rings is 1. The average molecular weight is 335 g/mol. The van der Waals surface area contributed by atoms with Gasteiger partial charge in [0.15, 0.2) is 0 Å². The van der Waals surface area contributed by atoms with Gasteiger partial charge in [-0.3, -0.25) is 4.79 Å². The molecule has 1 saturated heterocycles. The number of hydrogen-bond donors (Lipinski definition) is 1. The molecule has 1 aliphatic rings. The number of fused-ring (bicyclic) bond motifs is 1. The largest absolute Gasteiger partial charge is 0.368 e. The summed E-state index contributed by atoms with van der Waals surface area (Å²) in [6.45, 7) is 2.01. The van der Waals surface area contributed by atoms with Crippen LogP contribution in [-0.2, 0) is 22.6 Å². The Morgan fingerprint density at radius 1 is 1.16 bits per heavy atom. The molecule has 0 saturated carbocycles. The van der Waals surface area contributed by atoms with Gasteiger partial charge in [0.2, 0.25) is 5.91 Å². The van der Waals surface area contributed by atoms with Gasteiger partial charge < -0.3 is 14.6 Å². The Labute approximate surface area is 146 Å². The predicted octanol–water partition coefficient (Wildman–Crippen LogP) is 2.88. The van der Waals surface area contributed by atoms with Gasteiger partial charge in [-0.15, -0.1) is 0 Å². The molecule has 0 spiro atoms. The van der Waals surface area contributed by atoms with E-state index in [-0.39, 0.29) is 12.0 Å². The van der Waals surface area contributed by atoms with E-state index in [0.717, 1.165) is 36.0 Å². The Morgan fingerprint density at radius 2 is 1.96 bits per heavy atom. The van der Waals surface area contributed by atoms with Crippen LogP contribution in [0.4, 0.5) is 0 Å². The highest BCUT2D eigenvalue weighted by atomic mass is 16.5. The van der Waals surface area contributed by atoms with Crippen LogP contribution in [-0.4, -0.2) is 28.2 Å². The molecular formula is C20H21N3O2. The molecule has 1 amide bonds. The van der Waals surface area contributed by atoms with Crippen molar-refractivity contribution < 1.29 is 9.53 Å². The van der Waals surface area contributed by atoms with E-state index in [1.54, 1.807) is 0 Å². The van der Waals surface area contributed by atoms with E-state index < -0.39 is 0 Å². The van der Waals surface area contributed by atoms with Gasteiger partial charge in [-0.2, -0.15) is 0 Å². The fraction of sp³-hybridized carbons (Fsp3) is 0.300. The first-order chi connectivity index (χ1) is 12.3. The first-order valence-electron chi connectivity index (χ1n) is 8.66. The quantitative estimate of drug-likeness (QED) is 0.780. The molecule has 0 radical (unpaired) electrons. The molecule has 25 heavy (non-hydrogen) atoms. The Morgan fingerprint density at radius 3 is 2.76 bits per heavy atom. The van der Waals surface area contributed by atoms with E-state index >= 15 is 0 Å². The molecule has 3 aromatic rings. The Balaban J connectivity index is 1.37. The van der Waals surface area contributed by atoms with Gasteiger partial charge in [0.05, 0.1) is 17.4 Å². The van der Waals surface area contributed by atoms with E-state index in [9.17, 15) is 4.79 Å². The summed E-state index contributed by atoms with van der Waals surface area (Å²) in [6, 6.07) is 16.4. The Bertz CT molecular complexity index is 864. The van der Waals surface area contributed by atoms with Crippen LogP contribution in [0.5, 0.6) is 0 Å². The highest BCUT2D eigenvalue weighted by Crippen LogP contribution is 2.15. The van der Waals surface area contributed by atoms with Crippen LogP contribution in [0, 0.1) is 0 Å². The Hall–Kier alpha value is -2.66. The number of carbonyl (C=O) groups is 1. The minimum absolute atomic E-state index is 0.00791. The van der Waals surface area contributed by atoms with Gasteiger partial charge in [0.1, 0.15) is 6.10 Å². The molecule has 1 N–H and O–H groups in total. The van der Waals surface area contributed by atoms with Gasteiger partial charge in [-0.1, -0.05) is 36.4 Å². The fourth-order valence-electron chi connectivity index (χ4n) is 3.18. The fourth-order valence-corrected chi connectivity index (χ4v) is 3.18. The first-order valence-corrected chi connectivity index (χ1v) is 8.66. The summed E-state index contributed by atoms with van der Waals surface area (Å²) in [6.07, 6.45) is 3.40. The zero-order valence-electron chi connectivity index (χ0n) is 14.0. The molecule has 1 fully saturated rings. The maximum atomic E-state index is 12.0. The van der Waals surface area contributed by atoms with Crippen molar-refractivity contribution >= 4 is 16.9 Å². The van der Waals surface area contributed by atoms with Crippen molar-refractivity contribution in [2.45, 2.75) is 32.0 Å². The minimum atomic E-state index is -0.270. The van der Waals surface area contributed by atoms with Crippen molar-refractivity contribution in [3.8, 4) is 0 Å². The maximum absolute atomic E-state index is 12.0. The van der Waals surface area contributed by atoms with E-state index in [4.69, 9.17) is 4.74 Å². The number of ether oxygens (including phenoxy) is 1. The van der Waals surface area contributed by atoms with Gasteiger partial charge in [0, 0.05) is 19.7 Å². The van der Waals surface area contributed by atoms with Crippen LogP contribution in [0.2, 0.25) is 0 Å². The average Bonchev–Trinajstić information content (AvgIpc) is 3.32. The third-order valence-electron chi connectivity index (χ3n) is 4.59. The van der Waals surface area contributed by atoms with Crippen molar-refractivity contribution in [3.05, 3.63) is 66.0 Å². The number of carbonyl (C=O) groups excluding carboxylic acids is 1. The molecular weight excluding hydrogens is 314 g/mol. The first kappa shape index (κ1) is 15.8. The van der Waals surface area contributed by atoms with Crippen molar-refractivity contribution in [1.29, 1.82) is 0 Å². The normalized spacial score (nSPS) is 17.0. The van der Waals surface area contributed by atoms with Crippen molar-refractivity contribution in [1.82, 2.24) is 14.9 Å². The molecule has 4 rings (SSSR count). The second-order valence-corrected chi connectivity index (χ2v) is 6.40. The van der Waals surface area contributed by atoms with Gasteiger partial charge >= 0.3 is 0 Å². The second-order valence-electron chi connectivity index (χ2n) is 6.40. The maximum Gasteiger partial charge on any atom is 0.249 e. The standard InChI is InChI=1S/C20H21N3O2/c24-20(19-6-3-11-25-19)21-12-15-7-9-16(10-8-15)13-23-14-22-17-4-1-2-5-18(17)23/h1-2,4-5,7-10,14,19H,3,6,11-13H2,(H,21,24)/t19-/m1/s1. The van der Waals surface area contributed by atoms with Crippen molar-refractivity contribution in [2.75, 3.05) is 6.61 Å². The lowest BCUT2D eigenvalue weighted by Gasteiger charge is -2.11. The van der Waals surface area contributed by atoms with E-state index in [2.05, 4.69) is 45.2 Å². The molecule has 5 nitrogen and oxygen atoms in total. The molecule has 1 aliphatic heterocycles. The zero-order valence-corrected chi connectivity index (χ0v) is 14.0. The van der Waals surface area contributed by atoms with Crippen LogP contribution >= 0.6 is 0 Å². The van der Waals surface area contributed by atoms with E-state index in [1.165, 1.54) is 5.56 Å². The lowest BCUT2D eigenvalue weighted by molar-refractivity contribution is -0.130. The molecule has 5 heteroatoms. The monoisotopic (exact) mass is 335 g/mol. The molecule has 0 unspecified atom stereocenters. The summed E-state index contributed by atoms with van der Waals surface area (Å²) < 4.78 is 7.54. The predicted molar refractivity (Wildman–Crippen MR) is 96.1 cm³/mol. The number of rotatable bonds is 5. The lowest BCUT2D eigenvalue weighted by Crippen LogP contribution is -2.33.